The number of ether oxygens (including phenoxy) is 1. The highest BCUT2D eigenvalue weighted by atomic mass is 32.1. The molecular formula is C24H23N3O4S. The Morgan fingerprint density at radius 1 is 1.19 bits per heavy atom. The quantitative estimate of drug-likeness (QED) is 0.542. The first-order valence-corrected chi connectivity index (χ1v) is 11.0. The molecule has 2 aliphatic heterocycles. The van der Waals surface area contributed by atoms with Gasteiger partial charge in [-0.3, -0.25) is 4.98 Å². The maximum Gasteiger partial charge on any atom is 0.335 e. The number of aromatic carboxylic acids is 1. The molecule has 2 saturated heterocycles. The van der Waals surface area contributed by atoms with Gasteiger partial charge in [-0.15, -0.1) is 0 Å². The van der Waals surface area contributed by atoms with Crippen LogP contribution in [0.1, 0.15) is 46.7 Å². The molecule has 32 heavy (non-hydrogen) atoms. The molecule has 2 aromatic heterocycles. The SMILES string of the molecule is O=C(O)c1ccc(-c2ccc([C@@H]3[C@H](c4ccccn4)NC(=S)N3C[C@@H]3CCCO3)o2)cc1. The minimum absolute atomic E-state index is 0.137. The van der Waals surface area contributed by atoms with Crippen molar-refractivity contribution in [2.45, 2.75) is 31.0 Å². The average Bonchev–Trinajstić information content (AvgIpc) is 3.56. The van der Waals surface area contributed by atoms with E-state index in [9.17, 15) is 4.79 Å². The smallest absolute Gasteiger partial charge is 0.335 e. The molecule has 0 saturated carbocycles. The van der Waals surface area contributed by atoms with Gasteiger partial charge < -0.3 is 24.5 Å². The summed E-state index contributed by atoms with van der Waals surface area (Å²) in [5.74, 6) is 0.486. The Kier molecular flexibility index (Phi) is 5.63. The molecule has 0 radical (unpaired) electrons. The molecule has 0 aliphatic carbocycles. The first-order valence-electron chi connectivity index (χ1n) is 10.6. The van der Waals surface area contributed by atoms with Gasteiger partial charge in [0.2, 0.25) is 0 Å². The van der Waals surface area contributed by atoms with Gasteiger partial charge in [0.05, 0.1) is 23.4 Å². The summed E-state index contributed by atoms with van der Waals surface area (Å²) in [6.45, 7) is 1.47. The third-order valence-electron chi connectivity index (χ3n) is 5.96. The highest BCUT2D eigenvalue weighted by Crippen LogP contribution is 2.41. The summed E-state index contributed by atoms with van der Waals surface area (Å²) >= 11 is 5.70. The Bertz CT molecular complexity index is 1110. The molecule has 1 aromatic carbocycles. The molecule has 0 bridgehead atoms. The monoisotopic (exact) mass is 449 g/mol. The van der Waals surface area contributed by atoms with E-state index < -0.39 is 5.97 Å². The van der Waals surface area contributed by atoms with E-state index in [0.717, 1.165) is 36.5 Å². The zero-order valence-electron chi connectivity index (χ0n) is 17.3. The van der Waals surface area contributed by atoms with Crippen LogP contribution in [0.4, 0.5) is 0 Å². The highest BCUT2D eigenvalue weighted by Gasteiger charge is 2.42. The second-order valence-electron chi connectivity index (χ2n) is 8.00. The molecular weight excluding hydrogens is 426 g/mol. The largest absolute Gasteiger partial charge is 0.478 e. The van der Waals surface area contributed by atoms with Gasteiger partial charge in [0.15, 0.2) is 5.11 Å². The van der Waals surface area contributed by atoms with Gasteiger partial charge in [-0.1, -0.05) is 18.2 Å². The predicted octanol–water partition coefficient (Wildman–Crippen LogP) is 4.19. The fourth-order valence-electron chi connectivity index (χ4n) is 4.36. The van der Waals surface area contributed by atoms with E-state index in [0.29, 0.717) is 17.4 Å². The summed E-state index contributed by atoms with van der Waals surface area (Å²) in [7, 11) is 0. The van der Waals surface area contributed by atoms with Gasteiger partial charge in [-0.05, 0) is 61.5 Å². The maximum absolute atomic E-state index is 11.1. The number of aromatic nitrogens is 1. The molecule has 2 fully saturated rings. The van der Waals surface area contributed by atoms with Gasteiger partial charge in [-0.2, -0.15) is 0 Å². The number of benzene rings is 1. The molecule has 3 aromatic rings. The van der Waals surface area contributed by atoms with E-state index in [1.165, 1.54) is 0 Å². The fraction of sp³-hybridized carbons (Fsp3) is 0.292. The van der Waals surface area contributed by atoms with E-state index in [4.69, 9.17) is 26.5 Å². The lowest BCUT2D eigenvalue weighted by molar-refractivity contribution is 0.0696. The molecule has 0 spiro atoms. The Morgan fingerprint density at radius 2 is 2.03 bits per heavy atom. The maximum atomic E-state index is 11.1. The summed E-state index contributed by atoms with van der Waals surface area (Å²) in [5.41, 5.74) is 1.94. The minimum atomic E-state index is -0.954. The third-order valence-corrected chi connectivity index (χ3v) is 6.31. The van der Waals surface area contributed by atoms with Crippen molar-refractivity contribution in [2.75, 3.05) is 13.2 Å². The average molecular weight is 450 g/mol. The number of hydrogen-bond acceptors (Lipinski definition) is 5. The first kappa shape index (κ1) is 20.7. The molecule has 164 valence electrons. The molecule has 2 aliphatic rings. The third kappa shape index (κ3) is 3.99. The van der Waals surface area contributed by atoms with Gasteiger partial charge in [-0.25, -0.2) is 4.79 Å². The number of thiocarbonyl (C=S) groups is 1. The lowest BCUT2D eigenvalue weighted by Gasteiger charge is -2.28. The van der Waals surface area contributed by atoms with Crippen LogP contribution in [-0.4, -0.2) is 45.3 Å². The van der Waals surface area contributed by atoms with Crippen molar-refractivity contribution in [3.05, 3.63) is 77.8 Å². The van der Waals surface area contributed by atoms with Crippen molar-refractivity contribution in [1.29, 1.82) is 0 Å². The normalized spacial score (nSPS) is 22.8. The Hall–Kier alpha value is -3.23. The topological polar surface area (TPSA) is 87.8 Å². The molecule has 5 rings (SSSR count). The van der Waals surface area contributed by atoms with Crippen molar-refractivity contribution in [3.8, 4) is 11.3 Å². The molecule has 0 unspecified atom stereocenters. The van der Waals surface area contributed by atoms with Gasteiger partial charge in [0, 0.05) is 24.9 Å². The molecule has 8 heteroatoms. The van der Waals surface area contributed by atoms with Crippen LogP contribution in [-0.2, 0) is 4.74 Å². The number of carboxylic acids is 1. The van der Waals surface area contributed by atoms with Crippen molar-refractivity contribution in [2.24, 2.45) is 0 Å². The van der Waals surface area contributed by atoms with Crippen LogP contribution in [0.3, 0.4) is 0 Å². The lowest BCUT2D eigenvalue weighted by Crippen LogP contribution is -2.36. The lowest BCUT2D eigenvalue weighted by atomic mass is 10.0. The fourth-order valence-corrected chi connectivity index (χ4v) is 4.68. The number of hydrogen-bond donors (Lipinski definition) is 2. The van der Waals surface area contributed by atoms with Crippen LogP contribution < -0.4 is 5.32 Å². The van der Waals surface area contributed by atoms with Crippen molar-refractivity contribution >= 4 is 23.3 Å². The van der Waals surface area contributed by atoms with Gasteiger partial charge in [0.1, 0.15) is 17.6 Å². The number of nitrogens with one attached hydrogen (secondary N) is 1. The van der Waals surface area contributed by atoms with E-state index in [1.807, 2.05) is 30.3 Å². The number of nitrogens with zero attached hydrogens (tertiary/aromatic N) is 2. The molecule has 2 N–H and O–H groups in total. The summed E-state index contributed by atoms with van der Waals surface area (Å²) < 4.78 is 12.2. The number of carboxylic acid groups (broad SMARTS) is 1. The molecule has 7 nitrogen and oxygen atoms in total. The van der Waals surface area contributed by atoms with E-state index in [1.54, 1.807) is 30.5 Å². The van der Waals surface area contributed by atoms with Crippen LogP contribution in [0.2, 0.25) is 0 Å². The van der Waals surface area contributed by atoms with Crippen molar-refractivity contribution in [3.63, 3.8) is 0 Å². The molecule has 4 heterocycles. The Balaban J connectivity index is 1.48. The number of rotatable bonds is 6. The standard InChI is InChI=1S/C24H23N3O4S/c28-23(29)16-8-6-15(7-9-16)19-10-11-20(31-19)22-21(18-5-1-2-12-25-18)26-24(32)27(22)14-17-4-3-13-30-17/h1-2,5-12,17,21-22H,3-4,13-14H2,(H,26,32)(H,28,29)/t17-,21-,22+/m0/s1. The predicted molar refractivity (Wildman–Crippen MR) is 122 cm³/mol. The van der Waals surface area contributed by atoms with Crippen LogP contribution in [0.15, 0.2) is 65.2 Å². The first-order chi connectivity index (χ1) is 15.6. The Morgan fingerprint density at radius 3 is 2.72 bits per heavy atom. The second kappa shape index (κ2) is 8.72. The van der Waals surface area contributed by atoms with E-state index in [2.05, 4.69) is 15.2 Å². The van der Waals surface area contributed by atoms with Crippen LogP contribution in [0, 0.1) is 0 Å². The van der Waals surface area contributed by atoms with Gasteiger partial charge in [0.25, 0.3) is 0 Å². The summed E-state index contributed by atoms with van der Waals surface area (Å²) in [4.78, 5) is 17.8. The van der Waals surface area contributed by atoms with Crippen LogP contribution in [0.5, 0.6) is 0 Å². The number of pyridine rings is 1. The number of carbonyl (C=O) groups is 1. The summed E-state index contributed by atoms with van der Waals surface area (Å²) in [6.07, 6.45) is 3.99. The summed E-state index contributed by atoms with van der Waals surface area (Å²) in [5, 5.41) is 13.2. The zero-order chi connectivity index (χ0) is 22.1. The van der Waals surface area contributed by atoms with Crippen molar-refractivity contribution < 1.29 is 19.1 Å². The van der Waals surface area contributed by atoms with Crippen molar-refractivity contribution in [1.82, 2.24) is 15.2 Å². The minimum Gasteiger partial charge on any atom is -0.478 e. The zero-order valence-corrected chi connectivity index (χ0v) is 18.1. The van der Waals surface area contributed by atoms with E-state index >= 15 is 0 Å². The molecule has 3 atom stereocenters. The number of furan rings is 1. The molecule has 0 amide bonds. The van der Waals surface area contributed by atoms with E-state index in [-0.39, 0.29) is 23.8 Å². The van der Waals surface area contributed by atoms with Crippen LogP contribution in [0.25, 0.3) is 11.3 Å². The summed E-state index contributed by atoms with van der Waals surface area (Å²) in [6, 6.07) is 16.0. The highest BCUT2D eigenvalue weighted by molar-refractivity contribution is 7.80. The van der Waals surface area contributed by atoms with Crippen LogP contribution >= 0.6 is 12.2 Å². The van der Waals surface area contributed by atoms with Gasteiger partial charge >= 0.3 is 5.97 Å². The second-order valence-corrected chi connectivity index (χ2v) is 8.39. The Labute approximate surface area is 191 Å².